The number of amides is 1. The Kier molecular flexibility index (Phi) is 4.37. The molecule has 0 aromatic heterocycles. The predicted octanol–water partition coefficient (Wildman–Crippen LogP) is 2.63. The Balaban J connectivity index is 1.82. The Labute approximate surface area is 109 Å². The molecular formula is C15H22N2O. The summed E-state index contributed by atoms with van der Waals surface area (Å²) in [6.45, 7) is 6.26. The highest BCUT2D eigenvalue weighted by Gasteiger charge is 2.15. The minimum absolute atomic E-state index is 0.131. The van der Waals surface area contributed by atoms with Crippen LogP contribution in [0.15, 0.2) is 18.2 Å². The molecule has 1 aromatic rings. The van der Waals surface area contributed by atoms with Gasteiger partial charge in [-0.25, -0.2) is 0 Å². The molecule has 1 aliphatic rings. The van der Waals surface area contributed by atoms with Crippen molar-refractivity contribution in [2.24, 2.45) is 5.92 Å². The van der Waals surface area contributed by atoms with Gasteiger partial charge in [0, 0.05) is 12.1 Å². The van der Waals surface area contributed by atoms with E-state index >= 15 is 0 Å². The molecule has 0 bridgehead atoms. The normalized spacial score (nSPS) is 18.9. The highest BCUT2D eigenvalue weighted by atomic mass is 16.1. The lowest BCUT2D eigenvalue weighted by molar-refractivity contribution is -0.116. The van der Waals surface area contributed by atoms with E-state index in [0.717, 1.165) is 25.2 Å². The van der Waals surface area contributed by atoms with Crippen LogP contribution in [0.1, 0.15) is 30.4 Å². The van der Waals surface area contributed by atoms with Crippen molar-refractivity contribution in [1.82, 2.24) is 5.32 Å². The molecule has 2 N–H and O–H groups in total. The maximum absolute atomic E-state index is 11.9. The van der Waals surface area contributed by atoms with Crippen molar-refractivity contribution in [2.75, 3.05) is 18.4 Å². The summed E-state index contributed by atoms with van der Waals surface area (Å²) in [4.78, 5) is 11.9. The first-order valence-corrected chi connectivity index (χ1v) is 6.72. The second-order valence-corrected chi connectivity index (χ2v) is 5.32. The topological polar surface area (TPSA) is 41.1 Å². The number of benzene rings is 1. The maximum Gasteiger partial charge on any atom is 0.224 e. The van der Waals surface area contributed by atoms with Gasteiger partial charge in [-0.2, -0.15) is 0 Å². The third-order valence-corrected chi connectivity index (χ3v) is 3.45. The molecule has 3 heteroatoms. The molecule has 1 heterocycles. The van der Waals surface area contributed by atoms with Crippen molar-refractivity contribution in [1.29, 1.82) is 0 Å². The van der Waals surface area contributed by atoms with Crippen LogP contribution in [0.2, 0.25) is 0 Å². The van der Waals surface area contributed by atoms with Gasteiger partial charge in [0.05, 0.1) is 0 Å². The van der Waals surface area contributed by atoms with E-state index in [1.54, 1.807) is 0 Å². The Morgan fingerprint density at radius 1 is 1.33 bits per heavy atom. The Bertz CT molecular complexity index is 402. The third kappa shape index (κ3) is 3.84. The Morgan fingerprint density at radius 3 is 2.67 bits per heavy atom. The second kappa shape index (κ2) is 6.01. The molecule has 0 radical (unpaired) electrons. The molecule has 1 aromatic carbocycles. The minimum Gasteiger partial charge on any atom is -0.326 e. The molecule has 3 nitrogen and oxygen atoms in total. The lowest BCUT2D eigenvalue weighted by Gasteiger charge is -2.10. The van der Waals surface area contributed by atoms with E-state index in [9.17, 15) is 4.79 Å². The fourth-order valence-corrected chi connectivity index (χ4v) is 2.57. The first kappa shape index (κ1) is 13.1. The van der Waals surface area contributed by atoms with Crippen LogP contribution in [0, 0.1) is 19.8 Å². The van der Waals surface area contributed by atoms with Gasteiger partial charge in [0.15, 0.2) is 0 Å². The molecule has 1 unspecified atom stereocenters. The molecule has 1 saturated heterocycles. The summed E-state index contributed by atoms with van der Waals surface area (Å²) in [5, 5.41) is 6.32. The maximum atomic E-state index is 11.9. The molecule has 1 fully saturated rings. The van der Waals surface area contributed by atoms with Gasteiger partial charge < -0.3 is 10.6 Å². The fourth-order valence-electron chi connectivity index (χ4n) is 2.57. The minimum atomic E-state index is 0.131. The molecular weight excluding hydrogens is 224 g/mol. The monoisotopic (exact) mass is 246 g/mol. The van der Waals surface area contributed by atoms with Crippen LogP contribution in [0.5, 0.6) is 0 Å². The van der Waals surface area contributed by atoms with E-state index in [-0.39, 0.29) is 5.91 Å². The molecule has 0 spiro atoms. The summed E-state index contributed by atoms with van der Waals surface area (Å²) in [6.07, 6.45) is 2.82. The number of rotatable bonds is 4. The second-order valence-electron chi connectivity index (χ2n) is 5.32. The Hall–Kier alpha value is -1.35. The van der Waals surface area contributed by atoms with E-state index in [0.29, 0.717) is 12.3 Å². The third-order valence-electron chi connectivity index (χ3n) is 3.45. The summed E-state index contributed by atoms with van der Waals surface area (Å²) in [6, 6.07) is 6.14. The lowest BCUT2D eigenvalue weighted by atomic mass is 10.0. The van der Waals surface area contributed by atoms with Gasteiger partial charge in [-0.15, -0.1) is 0 Å². The first-order valence-electron chi connectivity index (χ1n) is 6.72. The summed E-state index contributed by atoms with van der Waals surface area (Å²) < 4.78 is 0. The van der Waals surface area contributed by atoms with Crippen molar-refractivity contribution in [2.45, 2.75) is 33.1 Å². The molecule has 98 valence electrons. The molecule has 0 saturated carbocycles. The number of hydrogen-bond acceptors (Lipinski definition) is 2. The number of nitrogens with one attached hydrogen (secondary N) is 2. The first-order chi connectivity index (χ1) is 8.63. The van der Waals surface area contributed by atoms with Gasteiger partial charge >= 0.3 is 0 Å². The van der Waals surface area contributed by atoms with Crippen LogP contribution < -0.4 is 10.6 Å². The van der Waals surface area contributed by atoms with E-state index in [1.807, 2.05) is 26.0 Å². The number of carbonyl (C=O) groups excluding carboxylic acids is 1. The summed E-state index contributed by atoms with van der Waals surface area (Å²) in [7, 11) is 0. The van der Waals surface area contributed by atoms with Gasteiger partial charge in [-0.1, -0.05) is 6.07 Å². The van der Waals surface area contributed by atoms with Crippen molar-refractivity contribution in [3.05, 3.63) is 29.3 Å². The fraction of sp³-hybridized carbons (Fsp3) is 0.533. The molecule has 1 aliphatic heterocycles. The number of carbonyl (C=O) groups is 1. The van der Waals surface area contributed by atoms with Crippen LogP contribution in [0.4, 0.5) is 5.69 Å². The quantitative estimate of drug-likeness (QED) is 0.857. The van der Waals surface area contributed by atoms with Crippen LogP contribution in [-0.4, -0.2) is 19.0 Å². The van der Waals surface area contributed by atoms with Crippen LogP contribution in [0.25, 0.3) is 0 Å². The van der Waals surface area contributed by atoms with Gasteiger partial charge in [-0.3, -0.25) is 4.79 Å². The van der Waals surface area contributed by atoms with Crippen LogP contribution in [0.3, 0.4) is 0 Å². The molecule has 0 aliphatic carbocycles. The number of hydrogen-bond donors (Lipinski definition) is 2. The smallest absolute Gasteiger partial charge is 0.224 e. The zero-order chi connectivity index (χ0) is 13.0. The highest BCUT2D eigenvalue weighted by molar-refractivity contribution is 5.90. The molecule has 1 amide bonds. The van der Waals surface area contributed by atoms with Gasteiger partial charge in [0.25, 0.3) is 0 Å². The van der Waals surface area contributed by atoms with E-state index < -0.39 is 0 Å². The standard InChI is InChI=1S/C15H22N2O/c1-11-7-12(2)9-14(8-11)17-15(18)4-3-13-5-6-16-10-13/h7-9,13,16H,3-6,10H2,1-2H3,(H,17,18). The average molecular weight is 246 g/mol. The van der Waals surface area contributed by atoms with Gasteiger partial charge in [0.2, 0.25) is 5.91 Å². The van der Waals surface area contributed by atoms with Crippen LogP contribution in [-0.2, 0) is 4.79 Å². The molecule has 18 heavy (non-hydrogen) atoms. The largest absolute Gasteiger partial charge is 0.326 e. The lowest BCUT2D eigenvalue weighted by Crippen LogP contribution is -2.15. The molecule has 1 atom stereocenters. The van der Waals surface area contributed by atoms with Gasteiger partial charge in [-0.05, 0) is 69.0 Å². The van der Waals surface area contributed by atoms with E-state index in [2.05, 4.69) is 16.7 Å². The predicted molar refractivity (Wildman–Crippen MR) is 74.8 cm³/mol. The van der Waals surface area contributed by atoms with E-state index in [1.165, 1.54) is 17.5 Å². The Morgan fingerprint density at radius 2 is 2.06 bits per heavy atom. The summed E-state index contributed by atoms with van der Waals surface area (Å²) in [5.41, 5.74) is 3.29. The summed E-state index contributed by atoms with van der Waals surface area (Å²) >= 11 is 0. The zero-order valence-corrected chi connectivity index (χ0v) is 11.3. The SMILES string of the molecule is Cc1cc(C)cc(NC(=O)CCC2CCNC2)c1. The summed E-state index contributed by atoms with van der Waals surface area (Å²) in [5.74, 6) is 0.807. The average Bonchev–Trinajstić information content (AvgIpc) is 2.77. The number of aryl methyl sites for hydroxylation is 2. The van der Waals surface area contributed by atoms with E-state index in [4.69, 9.17) is 0 Å². The van der Waals surface area contributed by atoms with Gasteiger partial charge in [0.1, 0.15) is 0 Å². The van der Waals surface area contributed by atoms with Crippen molar-refractivity contribution < 1.29 is 4.79 Å². The molecule has 2 rings (SSSR count). The van der Waals surface area contributed by atoms with Crippen molar-refractivity contribution in [3.8, 4) is 0 Å². The van der Waals surface area contributed by atoms with Crippen molar-refractivity contribution in [3.63, 3.8) is 0 Å². The highest BCUT2D eigenvalue weighted by Crippen LogP contribution is 2.17. The zero-order valence-electron chi connectivity index (χ0n) is 11.3. The van der Waals surface area contributed by atoms with Crippen LogP contribution >= 0.6 is 0 Å². The van der Waals surface area contributed by atoms with Crippen molar-refractivity contribution >= 4 is 11.6 Å². The number of anilines is 1.